The molecule has 0 radical (unpaired) electrons. The van der Waals surface area contributed by atoms with E-state index in [4.69, 9.17) is 5.73 Å². The maximum absolute atomic E-state index is 10.9. The lowest BCUT2D eigenvalue weighted by Gasteiger charge is -2.02. The van der Waals surface area contributed by atoms with Crippen molar-refractivity contribution in [2.45, 2.75) is 11.3 Å². The molecule has 2 N–H and O–H groups in total. The maximum Gasteiger partial charge on any atom is 0.247 e. The first-order valence-corrected chi connectivity index (χ1v) is 3.32. The first-order valence-electron chi connectivity index (χ1n) is 2.80. The number of carbonyl (C=O) groups is 2. The Labute approximate surface area is 63.8 Å². The summed E-state index contributed by atoms with van der Waals surface area (Å²) in [5, 5.41) is -0.655. The molecule has 10 heavy (non-hydrogen) atoms. The van der Waals surface area contributed by atoms with Gasteiger partial charge < -0.3 is 5.73 Å². The van der Waals surface area contributed by atoms with Gasteiger partial charge in [0.2, 0.25) is 11.8 Å². The van der Waals surface area contributed by atoms with E-state index in [1.165, 1.54) is 7.05 Å². The zero-order chi connectivity index (χ0) is 7.89. The van der Waals surface area contributed by atoms with E-state index in [-0.39, 0.29) is 11.8 Å². The van der Waals surface area contributed by atoms with Crippen LogP contribution in [0.25, 0.3) is 0 Å². The van der Waals surface area contributed by atoms with Gasteiger partial charge >= 0.3 is 0 Å². The van der Waals surface area contributed by atoms with Crippen molar-refractivity contribution in [2.24, 2.45) is 5.73 Å². The monoisotopic (exact) mass is 160 g/mol. The van der Waals surface area contributed by atoms with Crippen LogP contribution < -0.4 is 5.73 Å². The van der Waals surface area contributed by atoms with Crippen molar-refractivity contribution in [3.05, 3.63) is 0 Å². The summed E-state index contributed by atoms with van der Waals surface area (Å²) in [5.74, 6) is -0.675. The number of amides is 2. The first kappa shape index (κ1) is 7.56. The maximum atomic E-state index is 10.9. The van der Waals surface area contributed by atoms with Crippen molar-refractivity contribution in [2.75, 3.05) is 7.05 Å². The summed E-state index contributed by atoms with van der Waals surface area (Å²) in [4.78, 5) is 22.7. The molecular weight excluding hydrogens is 152 g/mol. The minimum absolute atomic E-state index is 0.319. The van der Waals surface area contributed by atoms with Gasteiger partial charge in [0.25, 0.3) is 0 Å². The van der Waals surface area contributed by atoms with E-state index < -0.39 is 11.3 Å². The van der Waals surface area contributed by atoms with Gasteiger partial charge in [0.15, 0.2) is 0 Å². The third-order valence-electron chi connectivity index (χ3n) is 1.54. The highest BCUT2D eigenvalue weighted by molar-refractivity contribution is 7.82. The Bertz CT molecular complexity index is 174. The third-order valence-corrected chi connectivity index (χ3v) is 2.08. The third kappa shape index (κ3) is 0.819. The minimum atomic E-state index is -0.763. The van der Waals surface area contributed by atoms with Crippen LogP contribution in [0.1, 0.15) is 0 Å². The van der Waals surface area contributed by atoms with Crippen LogP contribution in [0.5, 0.6) is 0 Å². The highest BCUT2D eigenvalue weighted by Crippen LogP contribution is 2.14. The van der Waals surface area contributed by atoms with E-state index in [1.807, 2.05) is 0 Å². The van der Waals surface area contributed by atoms with Gasteiger partial charge in [-0.2, -0.15) is 12.6 Å². The Hall–Kier alpha value is -0.550. The highest BCUT2D eigenvalue weighted by atomic mass is 32.1. The molecule has 0 saturated carbocycles. The molecule has 0 aliphatic carbocycles. The van der Waals surface area contributed by atoms with Crippen molar-refractivity contribution >= 4 is 24.4 Å². The van der Waals surface area contributed by atoms with Crippen LogP contribution in [0.2, 0.25) is 0 Å². The van der Waals surface area contributed by atoms with Crippen LogP contribution in [-0.2, 0) is 9.59 Å². The molecule has 1 aliphatic rings. The number of nitrogens with zero attached hydrogens (tertiary/aromatic N) is 1. The van der Waals surface area contributed by atoms with E-state index in [0.717, 1.165) is 4.90 Å². The number of hydrogen-bond donors (Lipinski definition) is 2. The molecule has 2 atom stereocenters. The summed E-state index contributed by atoms with van der Waals surface area (Å²) in [6.45, 7) is 0. The summed E-state index contributed by atoms with van der Waals surface area (Å²) < 4.78 is 0. The number of nitrogens with two attached hydrogens (primary N) is 1. The summed E-state index contributed by atoms with van der Waals surface area (Å²) in [7, 11) is 1.40. The minimum Gasteiger partial charge on any atom is -0.319 e. The van der Waals surface area contributed by atoms with Gasteiger partial charge in [0, 0.05) is 7.05 Å². The van der Waals surface area contributed by atoms with Gasteiger partial charge in [-0.3, -0.25) is 14.5 Å². The van der Waals surface area contributed by atoms with Gasteiger partial charge in [-0.15, -0.1) is 0 Å². The largest absolute Gasteiger partial charge is 0.319 e. The van der Waals surface area contributed by atoms with Gasteiger partial charge in [-0.1, -0.05) is 0 Å². The molecule has 4 nitrogen and oxygen atoms in total. The van der Waals surface area contributed by atoms with Crippen molar-refractivity contribution in [1.82, 2.24) is 4.90 Å². The number of rotatable bonds is 0. The van der Waals surface area contributed by atoms with E-state index in [0.29, 0.717) is 0 Å². The van der Waals surface area contributed by atoms with Crippen molar-refractivity contribution in [3.8, 4) is 0 Å². The SMILES string of the molecule is CN1C(=O)C(N)C(S)C1=O. The van der Waals surface area contributed by atoms with Crippen molar-refractivity contribution in [1.29, 1.82) is 0 Å². The topological polar surface area (TPSA) is 63.4 Å². The summed E-state index contributed by atoms with van der Waals surface area (Å²) in [6, 6.07) is -0.763. The van der Waals surface area contributed by atoms with Gasteiger partial charge in [-0.25, -0.2) is 0 Å². The molecule has 56 valence electrons. The highest BCUT2D eigenvalue weighted by Gasteiger charge is 2.41. The second-order valence-electron chi connectivity index (χ2n) is 2.21. The molecule has 1 heterocycles. The molecule has 1 fully saturated rings. The lowest BCUT2D eigenvalue weighted by molar-refractivity contribution is -0.136. The Kier molecular flexibility index (Phi) is 1.70. The van der Waals surface area contributed by atoms with Gasteiger partial charge in [0.1, 0.15) is 11.3 Å². The van der Waals surface area contributed by atoms with E-state index in [2.05, 4.69) is 12.6 Å². The molecule has 0 spiro atoms. The molecule has 5 heteroatoms. The lowest BCUT2D eigenvalue weighted by atomic mass is 10.3. The fraction of sp³-hybridized carbons (Fsp3) is 0.600. The van der Waals surface area contributed by atoms with Crippen LogP contribution in [0, 0.1) is 0 Å². The zero-order valence-electron chi connectivity index (χ0n) is 5.44. The van der Waals surface area contributed by atoms with E-state index >= 15 is 0 Å². The molecule has 0 aromatic rings. The van der Waals surface area contributed by atoms with Crippen LogP contribution >= 0.6 is 12.6 Å². The molecular formula is C5H8N2O2S. The molecule has 1 saturated heterocycles. The van der Waals surface area contributed by atoms with E-state index in [9.17, 15) is 9.59 Å². The molecule has 2 amide bonds. The predicted octanol–water partition coefficient (Wildman–Crippen LogP) is -1.39. The average Bonchev–Trinajstić information content (AvgIpc) is 2.07. The number of hydrogen-bond acceptors (Lipinski definition) is 4. The molecule has 1 rings (SSSR count). The van der Waals surface area contributed by atoms with Crippen LogP contribution in [0.15, 0.2) is 0 Å². The normalized spacial score (nSPS) is 33.7. The first-order chi connectivity index (χ1) is 4.55. The molecule has 2 unspecified atom stereocenters. The van der Waals surface area contributed by atoms with Gasteiger partial charge in [0.05, 0.1) is 0 Å². The molecule has 0 aromatic heterocycles. The average molecular weight is 160 g/mol. The number of carbonyl (C=O) groups excluding carboxylic acids is 2. The Morgan fingerprint density at radius 1 is 1.50 bits per heavy atom. The number of thiol groups is 1. The lowest BCUT2D eigenvalue weighted by Crippen LogP contribution is -2.35. The summed E-state index contributed by atoms with van der Waals surface area (Å²) >= 11 is 3.86. The number of likely N-dealkylation sites (tertiary alicyclic amines) is 1. The standard InChI is InChI=1S/C5H8N2O2S/c1-7-4(8)2(6)3(10)5(7)9/h2-3,10H,6H2,1H3. The quantitative estimate of drug-likeness (QED) is 0.339. The van der Waals surface area contributed by atoms with Crippen LogP contribution in [0.4, 0.5) is 0 Å². The number of likely N-dealkylation sites (N-methyl/N-ethyl adjacent to an activating group) is 1. The second-order valence-corrected chi connectivity index (χ2v) is 2.76. The summed E-state index contributed by atoms with van der Waals surface area (Å²) in [6.07, 6.45) is 0. The fourth-order valence-electron chi connectivity index (χ4n) is 0.819. The Morgan fingerprint density at radius 2 is 2.00 bits per heavy atom. The van der Waals surface area contributed by atoms with E-state index in [1.54, 1.807) is 0 Å². The Balaban J connectivity index is 2.89. The Morgan fingerprint density at radius 3 is 2.10 bits per heavy atom. The molecule has 1 aliphatic heterocycles. The molecule has 0 bridgehead atoms. The smallest absolute Gasteiger partial charge is 0.247 e. The van der Waals surface area contributed by atoms with Crippen LogP contribution in [-0.4, -0.2) is 35.1 Å². The fourth-order valence-corrected chi connectivity index (χ4v) is 1.12. The number of imide groups is 1. The second kappa shape index (κ2) is 2.25. The van der Waals surface area contributed by atoms with Crippen molar-refractivity contribution in [3.63, 3.8) is 0 Å². The van der Waals surface area contributed by atoms with Crippen LogP contribution in [0.3, 0.4) is 0 Å². The van der Waals surface area contributed by atoms with Crippen molar-refractivity contribution < 1.29 is 9.59 Å². The predicted molar refractivity (Wildman–Crippen MR) is 38.5 cm³/mol. The zero-order valence-corrected chi connectivity index (χ0v) is 6.34. The van der Waals surface area contributed by atoms with Gasteiger partial charge in [-0.05, 0) is 0 Å². The summed E-state index contributed by atoms with van der Waals surface area (Å²) in [5.41, 5.74) is 5.31. The molecule has 0 aromatic carbocycles.